The molecule has 0 aliphatic heterocycles. The van der Waals surface area contributed by atoms with Crippen molar-refractivity contribution in [3.8, 4) is 0 Å². The molecule has 0 fully saturated rings. The fraction of sp³-hybridized carbons (Fsp3) is 0.167. The first kappa shape index (κ1) is 18.8. The molecular weight excluding hydrogens is 380 g/mol. The van der Waals surface area contributed by atoms with Crippen molar-refractivity contribution in [3.05, 3.63) is 79.5 Å². The van der Waals surface area contributed by atoms with Crippen molar-refractivity contribution in [2.24, 2.45) is 0 Å². The van der Waals surface area contributed by atoms with Gasteiger partial charge >= 0.3 is 5.69 Å². The van der Waals surface area contributed by atoms with E-state index >= 15 is 0 Å². The van der Waals surface area contributed by atoms with Crippen molar-refractivity contribution in [3.63, 3.8) is 0 Å². The van der Waals surface area contributed by atoms with E-state index in [2.05, 4.69) is 10.3 Å². The van der Waals surface area contributed by atoms with Crippen LogP contribution in [0.25, 0.3) is 10.9 Å². The van der Waals surface area contributed by atoms with E-state index < -0.39 is 41.4 Å². The Morgan fingerprint density at radius 2 is 2.00 bits per heavy atom. The number of amides is 1. The van der Waals surface area contributed by atoms with Crippen LogP contribution < -0.4 is 16.6 Å². The number of benzene rings is 2. The molecule has 0 unspecified atom stereocenters. The van der Waals surface area contributed by atoms with Crippen LogP contribution in [0.15, 0.2) is 46.0 Å². The third kappa shape index (κ3) is 3.75. The molecule has 3 aromatic rings. The Kier molecular flexibility index (Phi) is 5.09. The molecule has 1 aromatic heterocycles. The summed E-state index contributed by atoms with van der Waals surface area (Å²) in [6.45, 7) is 0.918. The molecule has 0 saturated carbocycles. The molecule has 27 heavy (non-hydrogen) atoms. The van der Waals surface area contributed by atoms with Crippen LogP contribution in [0.3, 0.4) is 0 Å². The summed E-state index contributed by atoms with van der Waals surface area (Å²) in [6, 6.07) is 6.79. The molecular formula is C18H14ClF2N3O3. The zero-order valence-corrected chi connectivity index (χ0v) is 14.8. The van der Waals surface area contributed by atoms with E-state index in [0.29, 0.717) is 10.6 Å². The Bertz CT molecular complexity index is 1160. The summed E-state index contributed by atoms with van der Waals surface area (Å²) in [4.78, 5) is 39.4. The highest BCUT2D eigenvalue weighted by atomic mass is 35.5. The van der Waals surface area contributed by atoms with Crippen LogP contribution in [-0.2, 0) is 11.3 Å². The summed E-state index contributed by atoms with van der Waals surface area (Å²) in [5, 5.41) is 2.71. The van der Waals surface area contributed by atoms with Gasteiger partial charge in [-0.05, 0) is 25.1 Å². The van der Waals surface area contributed by atoms with Gasteiger partial charge in [-0.15, -0.1) is 0 Å². The normalized spacial score (nSPS) is 12.1. The molecule has 0 radical (unpaired) electrons. The van der Waals surface area contributed by atoms with Gasteiger partial charge in [-0.25, -0.2) is 13.6 Å². The second kappa shape index (κ2) is 7.32. The molecule has 0 aliphatic carbocycles. The average Bonchev–Trinajstić information content (AvgIpc) is 2.58. The largest absolute Gasteiger partial charge is 0.348 e. The predicted octanol–water partition coefficient (Wildman–Crippen LogP) is 2.50. The van der Waals surface area contributed by atoms with E-state index in [1.54, 1.807) is 6.07 Å². The van der Waals surface area contributed by atoms with Crippen LogP contribution >= 0.6 is 11.6 Å². The Morgan fingerprint density at radius 1 is 1.26 bits per heavy atom. The van der Waals surface area contributed by atoms with Gasteiger partial charge < -0.3 is 10.3 Å². The number of nitrogens with one attached hydrogen (secondary N) is 2. The number of fused-ring (bicyclic) bond motifs is 1. The van der Waals surface area contributed by atoms with Crippen LogP contribution in [0.5, 0.6) is 0 Å². The Labute approximate surface area is 156 Å². The third-order valence-corrected chi connectivity index (χ3v) is 4.38. The molecule has 2 N–H and O–H groups in total. The van der Waals surface area contributed by atoms with Gasteiger partial charge in [0.05, 0.1) is 22.0 Å². The molecule has 1 amide bonds. The van der Waals surface area contributed by atoms with Gasteiger partial charge in [0.15, 0.2) is 0 Å². The summed E-state index contributed by atoms with van der Waals surface area (Å²) in [6.07, 6.45) is 0. The van der Waals surface area contributed by atoms with E-state index in [0.717, 1.165) is 6.07 Å². The number of rotatable bonds is 4. The van der Waals surface area contributed by atoms with Crippen molar-refractivity contribution in [2.45, 2.75) is 19.5 Å². The van der Waals surface area contributed by atoms with Crippen molar-refractivity contribution in [1.82, 2.24) is 14.9 Å². The minimum absolute atomic E-state index is 0.0764. The van der Waals surface area contributed by atoms with E-state index in [1.807, 2.05) is 0 Å². The van der Waals surface area contributed by atoms with Gasteiger partial charge in [-0.2, -0.15) is 0 Å². The summed E-state index contributed by atoms with van der Waals surface area (Å²) in [5.74, 6) is -2.23. The minimum atomic E-state index is -0.810. The van der Waals surface area contributed by atoms with E-state index in [1.165, 1.54) is 25.1 Å². The first-order valence-corrected chi connectivity index (χ1v) is 8.31. The third-order valence-electron chi connectivity index (χ3n) is 4.07. The highest BCUT2D eigenvalue weighted by molar-refractivity contribution is 6.35. The number of aromatic amines is 1. The zero-order valence-electron chi connectivity index (χ0n) is 14.1. The average molecular weight is 394 g/mol. The van der Waals surface area contributed by atoms with Gasteiger partial charge in [0.25, 0.3) is 5.56 Å². The van der Waals surface area contributed by atoms with Crippen LogP contribution in [0.4, 0.5) is 8.78 Å². The summed E-state index contributed by atoms with van der Waals surface area (Å²) < 4.78 is 27.5. The number of halogens is 3. The van der Waals surface area contributed by atoms with Crippen LogP contribution in [-0.4, -0.2) is 15.5 Å². The lowest BCUT2D eigenvalue weighted by atomic mass is 10.1. The predicted molar refractivity (Wildman–Crippen MR) is 96.8 cm³/mol. The van der Waals surface area contributed by atoms with Crippen molar-refractivity contribution < 1.29 is 13.6 Å². The first-order valence-electron chi connectivity index (χ1n) is 7.93. The van der Waals surface area contributed by atoms with Gasteiger partial charge in [0, 0.05) is 11.6 Å². The molecule has 3 rings (SSSR count). The van der Waals surface area contributed by atoms with Crippen LogP contribution in [0.2, 0.25) is 5.02 Å². The quantitative estimate of drug-likeness (QED) is 0.714. The van der Waals surface area contributed by atoms with E-state index in [9.17, 15) is 23.2 Å². The molecule has 6 nitrogen and oxygen atoms in total. The monoisotopic (exact) mass is 393 g/mol. The molecule has 0 saturated heterocycles. The number of hydrogen-bond donors (Lipinski definition) is 2. The molecule has 0 bridgehead atoms. The van der Waals surface area contributed by atoms with Gasteiger partial charge in [-0.3, -0.25) is 14.2 Å². The number of H-pyrrole nitrogens is 1. The van der Waals surface area contributed by atoms with Crippen molar-refractivity contribution in [1.29, 1.82) is 0 Å². The van der Waals surface area contributed by atoms with Gasteiger partial charge in [-0.1, -0.05) is 23.7 Å². The second-order valence-corrected chi connectivity index (χ2v) is 6.35. The summed E-state index contributed by atoms with van der Waals surface area (Å²) in [7, 11) is 0. The highest BCUT2D eigenvalue weighted by Gasteiger charge is 2.17. The molecule has 9 heteroatoms. The zero-order chi connectivity index (χ0) is 19.7. The molecule has 1 atom stereocenters. The highest BCUT2D eigenvalue weighted by Crippen LogP contribution is 2.18. The van der Waals surface area contributed by atoms with E-state index in [-0.39, 0.29) is 21.5 Å². The SMILES string of the molecule is C[C@H](NC(=O)Cn1c(=O)[nH]c2cccc(Cl)c2c1=O)c1ccc(F)cc1F. The Balaban J connectivity index is 1.87. The van der Waals surface area contributed by atoms with E-state index in [4.69, 9.17) is 11.6 Å². The van der Waals surface area contributed by atoms with Crippen LogP contribution in [0, 0.1) is 11.6 Å². The molecule has 1 heterocycles. The lowest BCUT2D eigenvalue weighted by Gasteiger charge is -2.15. The lowest BCUT2D eigenvalue weighted by Crippen LogP contribution is -2.41. The number of carbonyl (C=O) groups excluding carboxylic acids is 1. The number of aromatic nitrogens is 2. The van der Waals surface area contributed by atoms with Gasteiger partial charge in [0.2, 0.25) is 5.91 Å². The number of carbonyl (C=O) groups is 1. The molecule has 0 aliphatic rings. The number of nitrogens with zero attached hydrogens (tertiary/aromatic N) is 1. The summed E-state index contributed by atoms with van der Waals surface area (Å²) in [5.41, 5.74) is -1.15. The van der Waals surface area contributed by atoms with Crippen molar-refractivity contribution in [2.75, 3.05) is 0 Å². The maximum absolute atomic E-state index is 13.8. The summed E-state index contributed by atoms with van der Waals surface area (Å²) >= 11 is 6.01. The lowest BCUT2D eigenvalue weighted by molar-refractivity contribution is -0.122. The maximum Gasteiger partial charge on any atom is 0.329 e. The minimum Gasteiger partial charge on any atom is -0.348 e. The fourth-order valence-corrected chi connectivity index (χ4v) is 3.02. The Hall–Kier alpha value is -3.00. The smallest absolute Gasteiger partial charge is 0.329 e. The number of hydrogen-bond acceptors (Lipinski definition) is 3. The molecule has 0 spiro atoms. The molecule has 2 aromatic carbocycles. The first-order chi connectivity index (χ1) is 12.8. The van der Waals surface area contributed by atoms with Gasteiger partial charge in [0.1, 0.15) is 18.2 Å². The fourth-order valence-electron chi connectivity index (χ4n) is 2.76. The molecule has 140 valence electrons. The Morgan fingerprint density at radius 3 is 2.70 bits per heavy atom. The standard InChI is InChI=1S/C18H14ClF2N3O3/c1-9(11-6-5-10(20)7-13(11)21)22-15(25)8-24-17(26)16-12(19)3-2-4-14(16)23-18(24)27/h2-7,9H,8H2,1H3,(H,22,25)(H,23,27)/t9-/m0/s1. The second-order valence-electron chi connectivity index (χ2n) is 5.94. The van der Waals surface area contributed by atoms with Crippen molar-refractivity contribution >= 4 is 28.4 Å². The van der Waals surface area contributed by atoms with Crippen LogP contribution in [0.1, 0.15) is 18.5 Å². The topological polar surface area (TPSA) is 84.0 Å². The maximum atomic E-state index is 13.8.